The second-order valence-electron chi connectivity index (χ2n) is 4.77. The Morgan fingerprint density at radius 3 is 2.72 bits per heavy atom. The van der Waals surface area contributed by atoms with Crippen molar-refractivity contribution in [3.05, 3.63) is 29.6 Å². The van der Waals surface area contributed by atoms with Gasteiger partial charge in [0.2, 0.25) is 0 Å². The molecule has 0 bridgehead atoms. The van der Waals surface area contributed by atoms with E-state index in [1.165, 1.54) is 13.0 Å². The van der Waals surface area contributed by atoms with E-state index in [0.717, 1.165) is 6.42 Å². The molecule has 18 heavy (non-hydrogen) atoms. The number of carbonyl (C=O) groups is 1. The van der Waals surface area contributed by atoms with Crippen LogP contribution < -0.4 is 4.90 Å². The third-order valence-electron chi connectivity index (χ3n) is 3.57. The Morgan fingerprint density at radius 2 is 2.22 bits per heavy atom. The first kappa shape index (κ1) is 13.0. The molecule has 1 saturated heterocycles. The zero-order valence-corrected chi connectivity index (χ0v) is 10.9. The molecule has 2 rings (SSSR count). The minimum absolute atomic E-state index is 0.0990. The van der Waals surface area contributed by atoms with Crippen LogP contribution in [0.15, 0.2) is 18.2 Å². The maximum atomic E-state index is 14.0. The maximum Gasteiger partial charge on any atom is 0.159 e. The molecular formula is C14H18FNO2. The first-order valence-corrected chi connectivity index (χ1v) is 6.15. The molecule has 0 aliphatic carbocycles. The van der Waals surface area contributed by atoms with E-state index >= 15 is 0 Å². The quantitative estimate of drug-likeness (QED) is 0.773. The average molecular weight is 251 g/mol. The molecule has 0 saturated carbocycles. The normalized spacial score (nSPS) is 23.1. The van der Waals surface area contributed by atoms with Crippen molar-refractivity contribution in [2.75, 3.05) is 18.6 Å². The molecule has 1 aromatic rings. The van der Waals surface area contributed by atoms with Gasteiger partial charge in [-0.3, -0.25) is 4.79 Å². The van der Waals surface area contributed by atoms with Gasteiger partial charge in [0.25, 0.3) is 0 Å². The number of anilines is 1. The lowest BCUT2D eigenvalue weighted by Gasteiger charge is -2.29. The molecule has 1 fully saturated rings. The molecule has 4 heteroatoms. The van der Waals surface area contributed by atoms with E-state index in [1.807, 2.05) is 18.9 Å². The number of rotatable bonds is 3. The SMILES string of the molecule is CC(=O)c1ccc(N(C)C2CCOC2C)c(F)c1. The van der Waals surface area contributed by atoms with Crippen molar-refractivity contribution < 1.29 is 13.9 Å². The van der Waals surface area contributed by atoms with E-state index in [-0.39, 0.29) is 23.7 Å². The molecule has 1 aliphatic rings. The molecule has 2 atom stereocenters. The number of halogens is 1. The van der Waals surface area contributed by atoms with Crippen LogP contribution in [-0.4, -0.2) is 31.6 Å². The predicted molar refractivity (Wildman–Crippen MR) is 68.6 cm³/mol. The van der Waals surface area contributed by atoms with E-state index in [2.05, 4.69) is 0 Å². The van der Waals surface area contributed by atoms with Crippen molar-refractivity contribution >= 4 is 11.5 Å². The molecule has 2 unspecified atom stereocenters. The lowest BCUT2D eigenvalue weighted by molar-refractivity contribution is 0.101. The Morgan fingerprint density at radius 1 is 1.50 bits per heavy atom. The zero-order chi connectivity index (χ0) is 13.3. The number of hydrogen-bond acceptors (Lipinski definition) is 3. The fourth-order valence-electron chi connectivity index (χ4n) is 2.42. The summed E-state index contributed by atoms with van der Waals surface area (Å²) in [5.41, 5.74) is 0.919. The molecule has 0 spiro atoms. The highest BCUT2D eigenvalue weighted by atomic mass is 19.1. The minimum atomic E-state index is -0.357. The zero-order valence-electron chi connectivity index (χ0n) is 10.9. The number of benzene rings is 1. The lowest BCUT2D eigenvalue weighted by Crippen LogP contribution is -2.37. The third kappa shape index (κ3) is 2.38. The average Bonchev–Trinajstić information content (AvgIpc) is 2.74. The fourth-order valence-corrected chi connectivity index (χ4v) is 2.42. The number of ketones is 1. The van der Waals surface area contributed by atoms with E-state index < -0.39 is 0 Å². The summed E-state index contributed by atoms with van der Waals surface area (Å²) < 4.78 is 19.5. The number of hydrogen-bond donors (Lipinski definition) is 0. The molecule has 1 aliphatic heterocycles. The lowest BCUT2D eigenvalue weighted by atomic mass is 10.1. The first-order valence-electron chi connectivity index (χ1n) is 6.15. The molecule has 98 valence electrons. The number of nitrogens with zero attached hydrogens (tertiary/aromatic N) is 1. The fraction of sp³-hybridized carbons (Fsp3) is 0.500. The van der Waals surface area contributed by atoms with Crippen LogP contribution in [0.25, 0.3) is 0 Å². The number of carbonyl (C=O) groups excluding carboxylic acids is 1. The molecule has 0 aromatic heterocycles. The summed E-state index contributed by atoms with van der Waals surface area (Å²) in [6.45, 7) is 4.14. The van der Waals surface area contributed by atoms with Gasteiger partial charge in [0.05, 0.1) is 17.8 Å². The number of Topliss-reactive ketones (excluding diaryl/α,β-unsaturated/α-hetero) is 1. The summed E-state index contributed by atoms with van der Waals surface area (Å²) in [4.78, 5) is 13.1. The molecule has 0 N–H and O–H groups in total. The van der Waals surface area contributed by atoms with Gasteiger partial charge in [-0.15, -0.1) is 0 Å². The van der Waals surface area contributed by atoms with Gasteiger partial charge in [0.15, 0.2) is 5.78 Å². The molecule has 1 heterocycles. The molecule has 0 amide bonds. The van der Waals surface area contributed by atoms with Gasteiger partial charge < -0.3 is 9.64 Å². The van der Waals surface area contributed by atoms with Crippen molar-refractivity contribution in [2.24, 2.45) is 0 Å². The second-order valence-corrected chi connectivity index (χ2v) is 4.77. The van der Waals surface area contributed by atoms with Gasteiger partial charge in [-0.05, 0) is 38.5 Å². The summed E-state index contributed by atoms with van der Waals surface area (Å²) in [6.07, 6.45) is 0.993. The summed E-state index contributed by atoms with van der Waals surface area (Å²) in [5, 5.41) is 0. The van der Waals surface area contributed by atoms with Gasteiger partial charge in [0.1, 0.15) is 5.82 Å². The first-order chi connectivity index (χ1) is 8.50. The van der Waals surface area contributed by atoms with Gasteiger partial charge >= 0.3 is 0 Å². The highest BCUT2D eigenvalue weighted by Crippen LogP contribution is 2.27. The number of ether oxygens (including phenoxy) is 1. The highest BCUT2D eigenvalue weighted by Gasteiger charge is 2.29. The minimum Gasteiger partial charge on any atom is -0.376 e. The van der Waals surface area contributed by atoms with Gasteiger partial charge in [-0.2, -0.15) is 0 Å². The highest BCUT2D eigenvalue weighted by molar-refractivity contribution is 5.94. The standard InChI is InChI=1S/C14H18FNO2/c1-9(17)11-4-5-14(12(15)8-11)16(3)13-6-7-18-10(13)2/h4-5,8,10,13H,6-7H2,1-3H3. The maximum absolute atomic E-state index is 14.0. The van der Waals surface area contributed by atoms with Crippen molar-refractivity contribution in [1.29, 1.82) is 0 Å². The van der Waals surface area contributed by atoms with Crippen molar-refractivity contribution in [3.8, 4) is 0 Å². The Hall–Kier alpha value is -1.42. The van der Waals surface area contributed by atoms with Crippen LogP contribution in [0.3, 0.4) is 0 Å². The van der Waals surface area contributed by atoms with Crippen LogP contribution in [0.4, 0.5) is 10.1 Å². The summed E-state index contributed by atoms with van der Waals surface area (Å²) in [6, 6.07) is 4.81. The summed E-state index contributed by atoms with van der Waals surface area (Å²) in [5.74, 6) is -0.482. The molecule has 0 radical (unpaired) electrons. The van der Waals surface area contributed by atoms with Crippen molar-refractivity contribution in [2.45, 2.75) is 32.4 Å². The number of likely N-dealkylation sites (N-methyl/N-ethyl adjacent to an activating group) is 1. The Labute approximate surface area is 107 Å². The second kappa shape index (κ2) is 5.06. The molecular weight excluding hydrogens is 233 g/mol. The van der Waals surface area contributed by atoms with Crippen LogP contribution in [0.5, 0.6) is 0 Å². The summed E-state index contributed by atoms with van der Waals surface area (Å²) >= 11 is 0. The summed E-state index contributed by atoms with van der Waals surface area (Å²) in [7, 11) is 1.86. The van der Waals surface area contributed by atoms with E-state index in [1.54, 1.807) is 12.1 Å². The van der Waals surface area contributed by atoms with Crippen LogP contribution >= 0.6 is 0 Å². The van der Waals surface area contributed by atoms with Crippen molar-refractivity contribution in [1.82, 2.24) is 0 Å². The molecule has 3 nitrogen and oxygen atoms in total. The van der Waals surface area contributed by atoms with Crippen LogP contribution in [-0.2, 0) is 4.74 Å². The third-order valence-corrected chi connectivity index (χ3v) is 3.57. The molecule has 1 aromatic carbocycles. The largest absolute Gasteiger partial charge is 0.376 e. The van der Waals surface area contributed by atoms with E-state index in [4.69, 9.17) is 4.74 Å². The van der Waals surface area contributed by atoms with Crippen LogP contribution in [0.2, 0.25) is 0 Å². The Bertz CT molecular complexity index is 461. The smallest absolute Gasteiger partial charge is 0.159 e. The topological polar surface area (TPSA) is 29.5 Å². The van der Waals surface area contributed by atoms with Crippen LogP contribution in [0.1, 0.15) is 30.6 Å². The van der Waals surface area contributed by atoms with E-state index in [0.29, 0.717) is 17.9 Å². The monoisotopic (exact) mass is 251 g/mol. The van der Waals surface area contributed by atoms with Crippen LogP contribution in [0, 0.1) is 5.82 Å². The van der Waals surface area contributed by atoms with E-state index in [9.17, 15) is 9.18 Å². The van der Waals surface area contributed by atoms with Gasteiger partial charge in [-0.25, -0.2) is 4.39 Å². The van der Waals surface area contributed by atoms with Gasteiger partial charge in [0, 0.05) is 19.2 Å². The van der Waals surface area contributed by atoms with Gasteiger partial charge in [-0.1, -0.05) is 0 Å². The Balaban J connectivity index is 2.25. The Kier molecular flexibility index (Phi) is 3.66. The predicted octanol–water partition coefficient (Wildman–Crippen LogP) is 2.64. The van der Waals surface area contributed by atoms with Crippen molar-refractivity contribution in [3.63, 3.8) is 0 Å².